The van der Waals surface area contributed by atoms with Crippen molar-refractivity contribution >= 4 is 27.6 Å². The van der Waals surface area contributed by atoms with Gasteiger partial charge in [0.05, 0.1) is 0 Å². The SMILES string of the molecule is O=C(O)C1(NS(=O)(=O)c2cccnc2Cl)CCCCC1. The first kappa shape index (κ1) is 15.2. The van der Waals surface area contributed by atoms with E-state index in [4.69, 9.17) is 11.6 Å². The van der Waals surface area contributed by atoms with E-state index in [1.54, 1.807) is 0 Å². The van der Waals surface area contributed by atoms with Crippen molar-refractivity contribution in [3.05, 3.63) is 23.5 Å². The highest BCUT2D eigenvalue weighted by Crippen LogP contribution is 2.31. The Labute approximate surface area is 122 Å². The molecule has 1 heterocycles. The number of nitrogens with zero attached hydrogens (tertiary/aromatic N) is 1. The summed E-state index contributed by atoms with van der Waals surface area (Å²) in [6, 6.07) is 2.74. The summed E-state index contributed by atoms with van der Waals surface area (Å²) < 4.78 is 27.0. The molecule has 1 aliphatic rings. The number of carboxylic acids is 1. The van der Waals surface area contributed by atoms with Gasteiger partial charge in [-0.05, 0) is 25.0 Å². The fourth-order valence-corrected chi connectivity index (χ4v) is 4.27. The molecule has 0 spiro atoms. The minimum absolute atomic E-state index is 0.170. The molecule has 8 heteroatoms. The fraction of sp³-hybridized carbons (Fsp3) is 0.500. The van der Waals surface area contributed by atoms with E-state index in [1.807, 2.05) is 0 Å². The van der Waals surface area contributed by atoms with Gasteiger partial charge in [-0.2, -0.15) is 4.72 Å². The van der Waals surface area contributed by atoms with Crippen LogP contribution >= 0.6 is 11.6 Å². The average Bonchev–Trinajstić information content (AvgIpc) is 2.39. The van der Waals surface area contributed by atoms with Crippen molar-refractivity contribution in [2.45, 2.75) is 42.5 Å². The van der Waals surface area contributed by atoms with E-state index in [0.29, 0.717) is 12.8 Å². The maximum Gasteiger partial charge on any atom is 0.324 e. The molecule has 110 valence electrons. The second-order valence-corrected chi connectivity index (χ2v) is 6.85. The van der Waals surface area contributed by atoms with Crippen LogP contribution < -0.4 is 4.72 Å². The van der Waals surface area contributed by atoms with Gasteiger partial charge < -0.3 is 5.11 Å². The summed E-state index contributed by atoms with van der Waals surface area (Å²) in [6.45, 7) is 0. The molecule has 1 aromatic heterocycles. The van der Waals surface area contributed by atoms with Gasteiger partial charge in [0.25, 0.3) is 0 Å². The predicted molar refractivity (Wildman–Crippen MR) is 73.0 cm³/mol. The summed E-state index contributed by atoms with van der Waals surface area (Å²) in [5.41, 5.74) is -1.45. The van der Waals surface area contributed by atoms with E-state index in [9.17, 15) is 18.3 Å². The highest BCUT2D eigenvalue weighted by Gasteiger charge is 2.43. The van der Waals surface area contributed by atoms with Gasteiger partial charge in [0, 0.05) is 6.20 Å². The number of aromatic nitrogens is 1. The lowest BCUT2D eigenvalue weighted by atomic mass is 9.83. The van der Waals surface area contributed by atoms with Crippen LogP contribution in [0.25, 0.3) is 0 Å². The van der Waals surface area contributed by atoms with Gasteiger partial charge in [-0.15, -0.1) is 0 Å². The Morgan fingerprint density at radius 1 is 1.35 bits per heavy atom. The van der Waals surface area contributed by atoms with Gasteiger partial charge in [-0.25, -0.2) is 13.4 Å². The molecule has 0 aliphatic heterocycles. The first-order valence-electron chi connectivity index (χ1n) is 6.25. The zero-order valence-electron chi connectivity index (χ0n) is 10.7. The normalized spacial score (nSPS) is 18.6. The molecule has 1 fully saturated rings. The lowest BCUT2D eigenvalue weighted by molar-refractivity contribution is -0.145. The molecule has 6 nitrogen and oxygen atoms in total. The minimum atomic E-state index is -4.02. The van der Waals surface area contributed by atoms with E-state index in [0.717, 1.165) is 6.42 Å². The van der Waals surface area contributed by atoms with Crippen LogP contribution in [0.3, 0.4) is 0 Å². The van der Waals surface area contributed by atoms with E-state index in [-0.39, 0.29) is 22.9 Å². The van der Waals surface area contributed by atoms with Gasteiger partial charge in [0.1, 0.15) is 15.6 Å². The maximum absolute atomic E-state index is 12.3. The molecule has 20 heavy (non-hydrogen) atoms. The van der Waals surface area contributed by atoms with Crippen LogP contribution in [-0.4, -0.2) is 30.0 Å². The highest BCUT2D eigenvalue weighted by atomic mass is 35.5. The number of nitrogens with one attached hydrogen (secondary N) is 1. The Hall–Kier alpha value is -1.18. The van der Waals surface area contributed by atoms with Gasteiger partial charge in [0.15, 0.2) is 0 Å². The fourth-order valence-electron chi connectivity index (χ4n) is 2.40. The van der Waals surface area contributed by atoms with Crippen molar-refractivity contribution < 1.29 is 18.3 Å². The predicted octanol–water partition coefficient (Wildman–Crippen LogP) is 1.80. The van der Waals surface area contributed by atoms with Crippen molar-refractivity contribution in [3.63, 3.8) is 0 Å². The number of sulfonamides is 1. The number of carboxylic acid groups (broad SMARTS) is 1. The van der Waals surface area contributed by atoms with Crippen molar-refractivity contribution in [1.29, 1.82) is 0 Å². The molecule has 0 amide bonds. The van der Waals surface area contributed by atoms with Crippen molar-refractivity contribution in [2.24, 2.45) is 0 Å². The van der Waals surface area contributed by atoms with E-state index in [1.165, 1.54) is 18.3 Å². The van der Waals surface area contributed by atoms with Crippen molar-refractivity contribution in [2.75, 3.05) is 0 Å². The van der Waals surface area contributed by atoms with E-state index < -0.39 is 21.5 Å². The monoisotopic (exact) mass is 318 g/mol. The molecular weight excluding hydrogens is 304 g/mol. The number of hydrogen-bond acceptors (Lipinski definition) is 4. The third-order valence-corrected chi connectivity index (χ3v) is 5.44. The van der Waals surface area contributed by atoms with Crippen LogP contribution in [0.2, 0.25) is 5.15 Å². The number of pyridine rings is 1. The van der Waals surface area contributed by atoms with Crippen LogP contribution in [0.4, 0.5) is 0 Å². The zero-order valence-corrected chi connectivity index (χ0v) is 12.2. The molecule has 1 saturated carbocycles. The van der Waals surface area contributed by atoms with E-state index in [2.05, 4.69) is 9.71 Å². The third kappa shape index (κ3) is 2.94. The molecule has 2 rings (SSSR count). The topological polar surface area (TPSA) is 96.4 Å². The standard InChI is InChI=1S/C12H15ClN2O4S/c13-10-9(5-4-8-14-10)20(18,19)15-12(11(16)17)6-2-1-3-7-12/h4-5,8,15H,1-3,6-7H2,(H,16,17). The molecule has 0 atom stereocenters. The largest absolute Gasteiger partial charge is 0.480 e. The summed E-state index contributed by atoms with van der Waals surface area (Å²) in [6.07, 6.45) is 4.18. The minimum Gasteiger partial charge on any atom is -0.480 e. The number of carbonyl (C=O) groups is 1. The number of rotatable bonds is 4. The van der Waals surface area contributed by atoms with Crippen LogP contribution in [-0.2, 0) is 14.8 Å². The lowest BCUT2D eigenvalue weighted by Gasteiger charge is -2.33. The zero-order chi connectivity index (χ0) is 14.8. The summed E-state index contributed by atoms with van der Waals surface area (Å²) in [7, 11) is -4.02. The summed E-state index contributed by atoms with van der Waals surface area (Å²) in [4.78, 5) is 15.0. The highest BCUT2D eigenvalue weighted by molar-refractivity contribution is 7.89. The first-order valence-corrected chi connectivity index (χ1v) is 8.11. The summed E-state index contributed by atoms with van der Waals surface area (Å²) in [5, 5.41) is 9.22. The van der Waals surface area contributed by atoms with Crippen LogP contribution in [0.1, 0.15) is 32.1 Å². The van der Waals surface area contributed by atoms with Crippen molar-refractivity contribution in [1.82, 2.24) is 9.71 Å². The third-order valence-electron chi connectivity index (χ3n) is 3.46. The Balaban J connectivity index is 2.35. The molecular formula is C12H15ClN2O4S. The van der Waals surface area contributed by atoms with Gasteiger partial charge in [-0.3, -0.25) is 4.79 Å². The molecule has 0 radical (unpaired) electrons. The molecule has 0 bridgehead atoms. The smallest absolute Gasteiger partial charge is 0.324 e. The Kier molecular flexibility index (Phi) is 4.31. The molecule has 1 aromatic rings. The Morgan fingerprint density at radius 2 is 2.00 bits per heavy atom. The van der Waals surface area contributed by atoms with Crippen molar-refractivity contribution in [3.8, 4) is 0 Å². The van der Waals surface area contributed by atoms with Crippen LogP contribution in [0.15, 0.2) is 23.2 Å². The number of aliphatic carboxylic acids is 1. The molecule has 1 aliphatic carbocycles. The number of hydrogen-bond donors (Lipinski definition) is 2. The number of halogens is 1. The van der Waals surface area contributed by atoms with Crippen LogP contribution in [0, 0.1) is 0 Å². The van der Waals surface area contributed by atoms with Gasteiger partial charge in [-0.1, -0.05) is 30.9 Å². The van der Waals surface area contributed by atoms with Crippen LogP contribution in [0.5, 0.6) is 0 Å². The Bertz CT molecular complexity index is 612. The second kappa shape index (κ2) is 5.67. The quantitative estimate of drug-likeness (QED) is 0.825. The lowest BCUT2D eigenvalue weighted by Crippen LogP contribution is -2.55. The molecule has 0 saturated heterocycles. The summed E-state index contributed by atoms with van der Waals surface area (Å²) in [5.74, 6) is -1.15. The average molecular weight is 319 g/mol. The summed E-state index contributed by atoms with van der Waals surface area (Å²) >= 11 is 5.77. The second-order valence-electron chi connectivity index (χ2n) is 4.85. The first-order chi connectivity index (χ1) is 9.37. The molecule has 0 aromatic carbocycles. The molecule has 2 N–H and O–H groups in total. The van der Waals surface area contributed by atoms with Gasteiger partial charge in [0.2, 0.25) is 10.0 Å². The maximum atomic E-state index is 12.3. The van der Waals surface area contributed by atoms with Gasteiger partial charge >= 0.3 is 5.97 Å². The van der Waals surface area contributed by atoms with E-state index >= 15 is 0 Å². The molecule has 0 unspecified atom stereocenters. The Morgan fingerprint density at radius 3 is 2.55 bits per heavy atom.